The number of anilines is 4. The molecular formula is C21H33N9O2. The monoisotopic (exact) mass is 443 g/mol. The fourth-order valence-corrected chi connectivity index (χ4v) is 3.42. The van der Waals surface area contributed by atoms with Crippen molar-refractivity contribution in [1.82, 2.24) is 24.8 Å². The van der Waals surface area contributed by atoms with E-state index in [1.54, 1.807) is 19.4 Å². The molecule has 0 spiro atoms. The first-order valence-electron chi connectivity index (χ1n) is 11.0. The Kier molecular flexibility index (Phi) is 9.08. The summed E-state index contributed by atoms with van der Waals surface area (Å²) in [5, 5.41) is 15.2. The predicted molar refractivity (Wildman–Crippen MR) is 125 cm³/mol. The van der Waals surface area contributed by atoms with Crippen LogP contribution in [0.4, 0.5) is 23.3 Å². The number of ether oxygens (including phenoxy) is 2. The highest BCUT2D eigenvalue weighted by Crippen LogP contribution is 2.29. The van der Waals surface area contributed by atoms with Crippen LogP contribution in [-0.4, -0.2) is 96.7 Å². The van der Waals surface area contributed by atoms with Crippen LogP contribution >= 0.6 is 0 Å². The third-order valence-corrected chi connectivity index (χ3v) is 5.15. The minimum Gasteiger partial charge on any atom is -0.380 e. The molecule has 32 heavy (non-hydrogen) atoms. The van der Waals surface area contributed by atoms with Crippen LogP contribution in [-0.2, 0) is 9.47 Å². The second-order valence-electron chi connectivity index (χ2n) is 7.27. The molecule has 3 rings (SSSR count). The van der Waals surface area contributed by atoms with Gasteiger partial charge in [0.2, 0.25) is 5.95 Å². The molecule has 2 aromatic heterocycles. The van der Waals surface area contributed by atoms with Gasteiger partial charge in [0.05, 0.1) is 18.9 Å². The van der Waals surface area contributed by atoms with E-state index < -0.39 is 0 Å². The van der Waals surface area contributed by atoms with E-state index in [4.69, 9.17) is 24.9 Å². The molecule has 0 saturated carbocycles. The molecule has 2 aromatic rings. The summed E-state index contributed by atoms with van der Waals surface area (Å²) in [7, 11) is 1.57. The van der Waals surface area contributed by atoms with Crippen molar-refractivity contribution in [1.29, 1.82) is 5.41 Å². The fraction of sp³-hybridized carbons (Fsp3) is 0.571. The number of piperazine rings is 1. The summed E-state index contributed by atoms with van der Waals surface area (Å²) in [6.07, 6.45) is 3.14. The van der Waals surface area contributed by atoms with Gasteiger partial charge in [0.25, 0.3) is 0 Å². The highest BCUT2D eigenvalue weighted by atomic mass is 16.5. The lowest BCUT2D eigenvalue weighted by Gasteiger charge is -2.34. The van der Waals surface area contributed by atoms with Gasteiger partial charge < -0.3 is 35.3 Å². The largest absolute Gasteiger partial charge is 0.380 e. The van der Waals surface area contributed by atoms with E-state index in [1.807, 2.05) is 6.92 Å². The second kappa shape index (κ2) is 12.2. The summed E-state index contributed by atoms with van der Waals surface area (Å²) >= 11 is 0. The van der Waals surface area contributed by atoms with Crippen molar-refractivity contribution in [2.24, 2.45) is 0 Å². The minimum absolute atomic E-state index is 0.146. The maximum atomic E-state index is 8.57. The fourth-order valence-electron chi connectivity index (χ4n) is 3.42. The zero-order valence-corrected chi connectivity index (χ0v) is 19.1. The Labute approximate surface area is 189 Å². The molecule has 0 unspecified atom stereocenters. The van der Waals surface area contributed by atoms with Crippen molar-refractivity contribution >= 4 is 29.0 Å². The van der Waals surface area contributed by atoms with Crippen LogP contribution in [0.3, 0.4) is 0 Å². The van der Waals surface area contributed by atoms with Gasteiger partial charge >= 0.3 is 0 Å². The topological polar surface area (TPSA) is 124 Å². The van der Waals surface area contributed by atoms with E-state index in [0.717, 1.165) is 32.7 Å². The standard InChI is InChI=1S/C21H33N9O2/c1-4-29-9-11-30(12-10-29)21-27-18(16(22)14-31-3)19(24-8-13-32-5-2)20(28-21)26-17-6-7-23-15-25-17/h6-7,15,22,24H,4-5,8-14H2,1-3H3,(H,23,25,26,27,28). The lowest BCUT2D eigenvalue weighted by molar-refractivity contribution is 0.158. The number of hydrogen-bond acceptors (Lipinski definition) is 11. The Morgan fingerprint density at radius 2 is 2.00 bits per heavy atom. The number of nitrogens with zero attached hydrogens (tertiary/aromatic N) is 6. The van der Waals surface area contributed by atoms with E-state index in [9.17, 15) is 0 Å². The highest BCUT2D eigenvalue weighted by Gasteiger charge is 2.23. The third-order valence-electron chi connectivity index (χ3n) is 5.15. The number of methoxy groups -OCH3 is 1. The predicted octanol–water partition coefficient (Wildman–Crippen LogP) is 1.61. The van der Waals surface area contributed by atoms with Gasteiger partial charge in [0, 0.05) is 52.6 Å². The van der Waals surface area contributed by atoms with Crippen LogP contribution in [0.1, 0.15) is 19.5 Å². The smallest absolute Gasteiger partial charge is 0.228 e. The van der Waals surface area contributed by atoms with E-state index in [1.165, 1.54) is 6.33 Å². The number of rotatable bonds is 12. The van der Waals surface area contributed by atoms with Crippen molar-refractivity contribution in [2.75, 3.05) is 81.7 Å². The summed E-state index contributed by atoms with van der Waals surface area (Å²) in [6.45, 7) is 10.6. The number of likely N-dealkylation sites (N-methyl/N-ethyl adjacent to an activating group) is 1. The lowest BCUT2D eigenvalue weighted by Crippen LogP contribution is -2.47. The lowest BCUT2D eigenvalue weighted by atomic mass is 10.2. The van der Waals surface area contributed by atoms with Crippen molar-refractivity contribution in [3.8, 4) is 0 Å². The Balaban J connectivity index is 1.98. The Morgan fingerprint density at radius 3 is 2.66 bits per heavy atom. The molecule has 0 aromatic carbocycles. The first-order chi connectivity index (χ1) is 15.7. The van der Waals surface area contributed by atoms with Gasteiger partial charge in [-0.25, -0.2) is 15.0 Å². The number of nitrogens with one attached hydrogen (secondary N) is 3. The van der Waals surface area contributed by atoms with E-state index >= 15 is 0 Å². The Hall–Kier alpha value is -2.89. The van der Waals surface area contributed by atoms with E-state index in [-0.39, 0.29) is 12.3 Å². The van der Waals surface area contributed by atoms with Gasteiger partial charge in [-0.3, -0.25) is 0 Å². The molecule has 11 nitrogen and oxygen atoms in total. The summed E-state index contributed by atoms with van der Waals surface area (Å²) in [6, 6.07) is 1.77. The molecule has 0 bridgehead atoms. The first kappa shape index (κ1) is 23.8. The summed E-state index contributed by atoms with van der Waals surface area (Å²) < 4.78 is 10.7. The normalized spacial score (nSPS) is 14.4. The van der Waals surface area contributed by atoms with Crippen LogP contribution in [0.5, 0.6) is 0 Å². The molecule has 0 aliphatic carbocycles. The zero-order chi connectivity index (χ0) is 22.8. The molecule has 1 fully saturated rings. The summed E-state index contributed by atoms with van der Waals surface area (Å²) in [5.41, 5.74) is 1.40. The molecule has 3 N–H and O–H groups in total. The minimum atomic E-state index is 0.146. The molecule has 1 aliphatic rings. The molecule has 0 amide bonds. The first-order valence-corrected chi connectivity index (χ1v) is 11.0. The highest BCUT2D eigenvalue weighted by molar-refractivity contribution is 6.04. The van der Waals surface area contributed by atoms with Gasteiger partial charge in [0.1, 0.15) is 23.5 Å². The third kappa shape index (κ3) is 6.31. The molecule has 0 radical (unpaired) electrons. The van der Waals surface area contributed by atoms with Crippen molar-refractivity contribution in [3.05, 3.63) is 24.3 Å². The average molecular weight is 444 g/mol. The number of hydrogen-bond donors (Lipinski definition) is 3. The van der Waals surface area contributed by atoms with Crippen LogP contribution in [0.2, 0.25) is 0 Å². The van der Waals surface area contributed by atoms with Crippen molar-refractivity contribution < 1.29 is 9.47 Å². The van der Waals surface area contributed by atoms with Gasteiger partial charge in [0.15, 0.2) is 5.82 Å². The van der Waals surface area contributed by atoms with Crippen LogP contribution in [0, 0.1) is 5.41 Å². The molecule has 174 valence electrons. The molecule has 11 heteroatoms. The average Bonchev–Trinajstić information content (AvgIpc) is 2.83. The summed E-state index contributed by atoms with van der Waals surface area (Å²) in [4.78, 5) is 22.4. The molecule has 3 heterocycles. The van der Waals surface area contributed by atoms with Crippen molar-refractivity contribution in [3.63, 3.8) is 0 Å². The molecular weight excluding hydrogens is 410 g/mol. The Morgan fingerprint density at radius 1 is 1.19 bits per heavy atom. The van der Waals surface area contributed by atoms with Gasteiger partial charge in [-0.05, 0) is 19.5 Å². The molecule has 1 saturated heterocycles. The van der Waals surface area contributed by atoms with Gasteiger partial charge in [-0.2, -0.15) is 4.98 Å². The SMILES string of the molecule is CCOCCNc1c(Nc2ccncn2)nc(N2CCN(CC)CC2)nc1C(=N)COC. The van der Waals surface area contributed by atoms with E-state index in [2.05, 4.69) is 37.3 Å². The van der Waals surface area contributed by atoms with Crippen LogP contribution in [0.25, 0.3) is 0 Å². The van der Waals surface area contributed by atoms with E-state index in [0.29, 0.717) is 48.7 Å². The Bertz CT molecular complexity index is 858. The summed E-state index contributed by atoms with van der Waals surface area (Å²) in [5.74, 6) is 1.75. The maximum Gasteiger partial charge on any atom is 0.228 e. The zero-order valence-electron chi connectivity index (χ0n) is 19.1. The second-order valence-corrected chi connectivity index (χ2v) is 7.27. The maximum absolute atomic E-state index is 8.57. The van der Waals surface area contributed by atoms with Crippen LogP contribution < -0.4 is 15.5 Å². The molecule has 1 aliphatic heterocycles. The number of aromatic nitrogens is 4. The molecule has 0 atom stereocenters. The van der Waals surface area contributed by atoms with Crippen LogP contribution in [0.15, 0.2) is 18.6 Å². The van der Waals surface area contributed by atoms with Gasteiger partial charge in [-0.15, -0.1) is 0 Å². The van der Waals surface area contributed by atoms with Crippen molar-refractivity contribution in [2.45, 2.75) is 13.8 Å². The quantitative estimate of drug-likeness (QED) is 0.329. The van der Waals surface area contributed by atoms with Gasteiger partial charge in [-0.1, -0.05) is 6.92 Å².